The van der Waals surface area contributed by atoms with Gasteiger partial charge in [-0.05, 0) is 24.4 Å². The van der Waals surface area contributed by atoms with Gasteiger partial charge in [-0.25, -0.2) is 4.79 Å². The molecule has 0 unspecified atom stereocenters. The highest BCUT2D eigenvalue weighted by Gasteiger charge is 2.23. The summed E-state index contributed by atoms with van der Waals surface area (Å²) in [6, 6.07) is 3.83. The Bertz CT molecular complexity index is 705. The van der Waals surface area contributed by atoms with Crippen LogP contribution >= 0.6 is 22.9 Å². The van der Waals surface area contributed by atoms with Gasteiger partial charge in [0, 0.05) is 39.8 Å². The maximum atomic E-state index is 11.9. The summed E-state index contributed by atoms with van der Waals surface area (Å²) in [5.74, 6) is -0.284. The summed E-state index contributed by atoms with van der Waals surface area (Å²) in [5, 5.41) is 1.77. The Hall–Kier alpha value is -1.52. The summed E-state index contributed by atoms with van der Waals surface area (Å²) in [6.45, 7) is 0.675. The van der Waals surface area contributed by atoms with Crippen LogP contribution < -0.4 is 0 Å². The Balaban J connectivity index is 2.38. The van der Waals surface area contributed by atoms with Crippen molar-refractivity contribution < 1.29 is 9.53 Å². The van der Waals surface area contributed by atoms with Gasteiger partial charge in [0.2, 0.25) is 0 Å². The fourth-order valence-corrected chi connectivity index (χ4v) is 3.70. The predicted octanol–water partition coefficient (Wildman–Crippen LogP) is 3.76. The van der Waals surface area contributed by atoms with E-state index < -0.39 is 0 Å². The van der Waals surface area contributed by atoms with E-state index in [0.29, 0.717) is 16.4 Å². The molecule has 1 aromatic heterocycles. The second-order valence-electron chi connectivity index (χ2n) is 4.47. The van der Waals surface area contributed by atoms with Crippen molar-refractivity contribution >= 4 is 45.1 Å². The van der Waals surface area contributed by atoms with Gasteiger partial charge < -0.3 is 9.64 Å². The van der Waals surface area contributed by atoms with E-state index in [0.717, 1.165) is 21.2 Å². The van der Waals surface area contributed by atoms with Crippen molar-refractivity contribution in [3.8, 4) is 0 Å². The maximum Gasteiger partial charge on any atom is 0.348 e. The van der Waals surface area contributed by atoms with Crippen molar-refractivity contribution in [2.24, 2.45) is 0 Å². The molecule has 0 bridgehead atoms. The lowest BCUT2D eigenvalue weighted by Crippen LogP contribution is -2.11. The summed E-state index contributed by atoms with van der Waals surface area (Å²) in [7, 11) is 3.38. The number of esters is 1. The summed E-state index contributed by atoms with van der Waals surface area (Å²) in [5.41, 5.74) is 1.97. The summed E-state index contributed by atoms with van der Waals surface area (Å²) < 4.78 is 5.94. The van der Waals surface area contributed by atoms with E-state index in [1.807, 2.05) is 36.4 Å². The van der Waals surface area contributed by atoms with Crippen LogP contribution in [0.15, 0.2) is 18.3 Å². The molecule has 0 N–H and O–H groups in total. The van der Waals surface area contributed by atoms with E-state index in [9.17, 15) is 4.79 Å². The third kappa shape index (κ3) is 1.91. The number of ether oxygens (including phenoxy) is 1. The molecule has 1 aromatic carbocycles. The second kappa shape index (κ2) is 4.54. The van der Waals surface area contributed by atoms with Crippen molar-refractivity contribution in [2.75, 3.05) is 14.2 Å². The molecule has 0 atom stereocenters. The Labute approximate surface area is 120 Å². The number of hydrogen-bond donors (Lipinski definition) is 0. The van der Waals surface area contributed by atoms with Crippen LogP contribution in [0.5, 0.6) is 0 Å². The quantitative estimate of drug-likeness (QED) is 0.750. The van der Waals surface area contributed by atoms with Gasteiger partial charge in [0.05, 0.1) is 7.11 Å². The maximum absolute atomic E-state index is 11.9. The average Bonchev–Trinajstić information content (AvgIpc) is 2.65. The number of nitrogens with zero attached hydrogens (tertiary/aromatic N) is 1. The molecule has 2 aromatic rings. The van der Waals surface area contributed by atoms with E-state index in [2.05, 4.69) is 0 Å². The highest BCUT2D eigenvalue weighted by Crippen LogP contribution is 2.39. The van der Waals surface area contributed by atoms with Crippen molar-refractivity contribution in [2.45, 2.75) is 6.54 Å². The van der Waals surface area contributed by atoms with Crippen molar-refractivity contribution in [1.29, 1.82) is 0 Å². The summed E-state index contributed by atoms with van der Waals surface area (Å²) >= 11 is 7.73. The van der Waals surface area contributed by atoms with Crippen molar-refractivity contribution in [3.63, 3.8) is 0 Å². The van der Waals surface area contributed by atoms with E-state index in [-0.39, 0.29) is 5.97 Å². The highest BCUT2D eigenvalue weighted by molar-refractivity contribution is 7.21. The lowest BCUT2D eigenvalue weighted by Gasteiger charge is -2.12. The number of carbonyl (C=O) groups excluding carboxylic acids is 1. The number of thiophene rings is 1. The van der Waals surface area contributed by atoms with Gasteiger partial charge in [-0.3, -0.25) is 0 Å². The zero-order valence-corrected chi connectivity index (χ0v) is 12.1. The minimum atomic E-state index is -0.284. The standard InChI is InChI=1S/C14H12ClNO2S/c1-16-6-5-8-10(15)3-4-11-12(8)9(7-16)13(19-11)14(17)18-2/h3-6H,7H2,1-2H3. The number of rotatable bonds is 1. The fraction of sp³-hybridized carbons (Fsp3) is 0.214. The van der Waals surface area contributed by atoms with Crippen molar-refractivity contribution in [3.05, 3.63) is 39.4 Å². The smallest absolute Gasteiger partial charge is 0.348 e. The number of benzene rings is 1. The largest absolute Gasteiger partial charge is 0.465 e. The van der Waals surface area contributed by atoms with E-state index in [1.54, 1.807) is 0 Å². The van der Waals surface area contributed by atoms with Gasteiger partial charge in [0.1, 0.15) is 4.88 Å². The fourth-order valence-electron chi connectivity index (χ4n) is 2.33. The molecule has 0 fully saturated rings. The minimum absolute atomic E-state index is 0.284. The molecule has 0 radical (unpaired) electrons. The van der Waals surface area contributed by atoms with Gasteiger partial charge in [-0.1, -0.05) is 11.6 Å². The number of hydrogen-bond acceptors (Lipinski definition) is 4. The lowest BCUT2D eigenvalue weighted by atomic mass is 10.1. The van der Waals surface area contributed by atoms with Crippen LogP contribution in [0, 0.1) is 0 Å². The molecule has 3 rings (SSSR count). The topological polar surface area (TPSA) is 29.5 Å². The molecule has 1 aliphatic heterocycles. The Morgan fingerprint density at radius 3 is 3.00 bits per heavy atom. The molecule has 0 aliphatic carbocycles. The van der Waals surface area contributed by atoms with Gasteiger partial charge in [0.15, 0.2) is 0 Å². The van der Waals surface area contributed by atoms with E-state index in [4.69, 9.17) is 16.3 Å². The third-order valence-electron chi connectivity index (χ3n) is 3.22. The normalized spacial score (nSPS) is 13.7. The second-order valence-corrected chi connectivity index (χ2v) is 5.93. The molecule has 0 amide bonds. The van der Waals surface area contributed by atoms with Crippen LogP contribution in [0.4, 0.5) is 0 Å². The van der Waals surface area contributed by atoms with Crippen LogP contribution in [0.3, 0.4) is 0 Å². The Morgan fingerprint density at radius 2 is 2.26 bits per heavy atom. The summed E-state index contributed by atoms with van der Waals surface area (Å²) in [4.78, 5) is 14.6. The summed E-state index contributed by atoms with van der Waals surface area (Å²) in [6.07, 6.45) is 3.97. The zero-order valence-electron chi connectivity index (χ0n) is 10.6. The molecule has 2 heterocycles. The first-order valence-electron chi connectivity index (χ1n) is 5.82. The average molecular weight is 294 g/mol. The number of methoxy groups -OCH3 is 1. The molecule has 0 spiro atoms. The van der Waals surface area contributed by atoms with Gasteiger partial charge in [0.25, 0.3) is 0 Å². The number of halogens is 1. The molecule has 19 heavy (non-hydrogen) atoms. The van der Waals surface area contributed by atoms with E-state index >= 15 is 0 Å². The van der Waals surface area contributed by atoms with Crippen LogP contribution in [-0.2, 0) is 11.3 Å². The van der Waals surface area contributed by atoms with Crippen LogP contribution in [-0.4, -0.2) is 25.0 Å². The Kier molecular flexibility index (Phi) is 2.99. The molecule has 3 nitrogen and oxygen atoms in total. The predicted molar refractivity (Wildman–Crippen MR) is 78.7 cm³/mol. The minimum Gasteiger partial charge on any atom is -0.465 e. The molecular weight excluding hydrogens is 282 g/mol. The molecule has 98 valence electrons. The van der Waals surface area contributed by atoms with Crippen LogP contribution in [0.25, 0.3) is 16.2 Å². The monoisotopic (exact) mass is 293 g/mol. The SMILES string of the molecule is COC(=O)c1sc2ccc(Cl)c3c2c1CN(C)C=C3. The number of carbonyl (C=O) groups is 1. The van der Waals surface area contributed by atoms with Crippen molar-refractivity contribution in [1.82, 2.24) is 4.90 Å². The van der Waals surface area contributed by atoms with Gasteiger partial charge in [-0.2, -0.15) is 0 Å². The first kappa shape index (κ1) is 12.5. The lowest BCUT2D eigenvalue weighted by molar-refractivity contribution is 0.0605. The molecule has 0 saturated carbocycles. The first-order valence-corrected chi connectivity index (χ1v) is 7.02. The van der Waals surface area contributed by atoms with Gasteiger partial charge in [-0.15, -0.1) is 11.3 Å². The molecule has 1 aliphatic rings. The Morgan fingerprint density at radius 1 is 1.47 bits per heavy atom. The molecular formula is C14H12ClNO2S. The molecule has 0 saturated heterocycles. The van der Waals surface area contributed by atoms with Gasteiger partial charge >= 0.3 is 5.97 Å². The highest BCUT2D eigenvalue weighted by atomic mass is 35.5. The van der Waals surface area contributed by atoms with Crippen LogP contribution in [0.1, 0.15) is 20.8 Å². The third-order valence-corrected chi connectivity index (χ3v) is 4.72. The van der Waals surface area contributed by atoms with E-state index in [1.165, 1.54) is 18.4 Å². The van der Waals surface area contributed by atoms with Crippen LogP contribution in [0.2, 0.25) is 5.02 Å². The molecule has 5 heteroatoms. The first-order chi connectivity index (χ1) is 9.11. The zero-order chi connectivity index (χ0) is 13.6.